The van der Waals surface area contributed by atoms with Crippen molar-refractivity contribution in [1.82, 2.24) is 0 Å². The van der Waals surface area contributed by atoms with E-state index in [9.17, 15) is 0 Å². The summed E-state index contributed by atoms with van der Waals surface area (Å²) in [6.07, 6.45) is 14.4. The van der Waals surface area contributed by atoms with Crippen molar-refractivity contribution >= 4 is 14.7 Å². The first-order valence-corrected chi connectivity index (χ1v) is 9.98. The van der Waals surface area contributed by atoms with Gasteiger partial charge in [0.2, 0.25) is 0 Å². The SMILES string of the molecule is CC(C)C1=C([Si]c2ccccc2CC2CCCCC2)CC=C1. The zero-order valence-electron chi connectivity index (χ0n) is 14.1. The van der Waals surface area contributed by atoms with Gasteiger partial charge in [-0.3, -0.25) is 0 Å². The summed E-state index contributed by atoms with van der Waals surface area (Å²) in [6.45, 7) is 4.65. The number of rotatable bonds is 5. The second-order valence-electron chi connectivity index (χ2n) is 7.19. The Hall–Kier alpha value is -1.08. The smallest absolute Gasteiger partial charge is 0.0806 e. The molecule has 116 valence electrons. The second-order valence-corrected chi connectivity index (χ2v) is 8.58. The number of benzene rings is 1. The molecule has 0 amide bonds. The number of hydrogen-bond donors (Lipinski definition) is 0. The molecule has 0 heterocycles. The van der Waals surface area contributed by atoms with E-state index in [2.05, 4.69) is 50.3 Å². The highest BCUT2D eigenvalue weighted by Gasteiger charge is 2.18. The van der Waals surface area contributed by atoms with Crippen LogP contribution in [0.5, 0.6) is 0 Å². The molecule has 0 spiro atoms. The van der Waals surface area contributed by atoms with E-state index in [-0.39, 0.29) is 0 Å². The molecule has 1 fully saturated rings. The minimum Gasteiger partial charge on any atom is -0.0806 e. The van der Waals surface area contributed by atoms with Crippen molar-refractivity contribution in [1.29, 1.82) is 0 Å². The molecule has 3 rings (SSSR count). The van der Waals surface area contributed by atoms with Gasteiger partial charge < -0.3 is 0 Å². The van der Waals surface area contributed by atoms with E-state index in [4.69, 9.17) is 0 Å². The predicted molar refractivity (Wildman–Crippen MR) is 97.7 cm³/mol. The first-order valence-electron chi connectivity index (χ1n) is 8.98. The summed E-state index contributed by atoms with van der Waals surface area (Å²) in [5, 5.41) is 3.27. The summed E-state index contributed by atoms with van der Waals surface area (Å²) in [7, 11) is 0.868. The molecule has 0 saturated heterocycles. The minimum atomic E-state index is 0.659. The summed E-state index contributed by atoms with van der Waals surface area (Å²) in [5.74, 6) is 1.59. The number of allylic oxidation sites excluding steroid dienone is 4. The van der Waals surface area contributed by atoms with Gasteiger partial charge >= 0.3 is 0 Å². The van der Waals surface area contributed by atoms with Crippen LogP contribution in [0.4, 0.5) is 0 Å². The lowest BCUT2D eigenvalue weighted by Gasteiger charge is -2.23. The molecule has 1 heteroatoms. The van der Waals surface area contributed by atoms with Crippen LogP contribution in [0.2, 0.25) is 0 Å². The van der Waals surface area contributed by atoms with Crippen LogP contribution in [-0.4, -0.2) is 9.52 Å². The molecule has 0 aliphatic heterocycles. The van der Waals surface area contributed by atoms with Crippen molar-refractivity contribution in [2.45, 2.75) is 58.8 Å². The summed E-state index contributed by atoms with van der Waals surface area (Å²) in [5.41, 5.74) is 3.21. The molecule has 1 aromatic carbocycles. The van der Waals surface area contributed by atoms with Crippen LogP contribution in [0.15, 0.2) is 47.2 Å². The van der Waals surface area contributed by atoms with Crippen LogP contribution in [0, 0.1) is 11.8 Å². The van der Waals surface area contributed by atoms with E-state index in [0.29, 0.717) is 5.92 Å². The maximum Gasteiger partial charge on any atom is 0.117 e. The van der Waals surface area contributed by atoms with Gasteiger partial charge in [-0.25, -0.2) is 0 Å². The van der Waals surface area contributed by atoms with Crippen LogP contribution in [0.1, 0.15) is 57.9 Å². The lowest BCUT2D eigenvalue weighted by Crippen LogP contribution is -2.24. The van der Waals surface area contributed by atoms with Gasteiger partial charge in [-0.2, -0.15) is 0 Å². The average Bonchev–Trinajstić information content (AvgIpc) is 2.99. The third kappa shape index (κ3) is 3.81. The summed E-state index contributed by atoms with van der Waals surface area (Å²) >= 11 is 0. The fraction of sp³-hybridized carbons (Fsp3) is 0.524. The van der Waals surface area contributed by atoms with Crippen LogP contribution in [0.25, 0.3) is 0 Å². The molecule has 0 unspecified atom stereocenters. The van der Waals surface area contributed by atoms with Crippen molar-refractivity contribution in [3.8, 4) is 0 Å². The van der Waals surface area contributed by atoms with Gasteiger partial charge in [-0.15, -0.1) is 0 Å². The van der Waals surface area contributed by atoms with E-state index in [1.165, 1.54) is 44.9 Å². The molecule has 0 aromatic heterocycles. The maximum atomic E-state index is 2.38. The van der Waals surface area contributed by atoms with E-state index in [0.717, 1.165) is 15.4 Å². The van der Waals surface area contributed by atoms with Crippen molar-refractivity contribution < 1.29 is 0 Å². The van der Waals surface area contributed by atoms with Crippen LogP contribution in [0.3, 0.4) is 0 Å². The molecule has 1 saturated carbocycles. The lowest BCUT2D eigenvalue weighted by atomic mass is 9.85. The largest absolute Gasteiger partial charge is 0.117 e. The Kier molecular flexibility index (Phi) is 5.35. The summed E-state index contributed by atoms with van der Waals surface area (Å²) < 4.78 is 0. The zero-order chi connectivity index (χ0) is 15.4. The van der Waals surface area contributed by atoms with E-state index in [1.807, 2.05) is 0 Å². The van der Waals surface area contributed by atoms with Gasteiger partial charge in [0.05, 0.1) is 0 Å². The Morgan fingerprint density at radius 1 is 1.09 bits per heavy atom. The standard InChI is InChI=1S/C21H28Si/c1-16(2)19-12-8-14-21(19)22-20-13-7-6-11-18(20)15-17-9-4-3-5-10-17/h6-8,11-13,16-17H,3-5,9-10,14-15H2,1-2H3. The Labute approximate surface area is 138 Å². The Bertz CT molecular complexity index is 559. The first kappa shape index (κ1) is 15.8. The molecule has 0 nitrogen and oxygen atoms in total. The van der Waals surface area contributed by atoms with E-state index >= 15 is 0 Å². The summed E-state index contributed by atoms with van der Waals surface area (Å²) in [4.78, 5) is 0. The predicted octanol–water partition coefficient (Wildman–Crippen LogP) is 5.01. The number of hydrogen-bond acceptors (Lipinski definition) is 0. The van der Waals surface area contributed by atoms with E-state index in [1.54, 1.807) is 21.5 Å². The monoisotopic (exact) mass is 308 g/mol. The molecular formula is C21H28Si. The van der Waals surface area contributed by atoms with Gasteiger partial charge in [0.15, 0.2) is 0 Å². The third-order valence-electron chi connectivity index (χ3n) is 5.13. The lowest BCUT2D eigenvalue weighted by molar-refractivity contribution is 0.357. The van der Waals surface area contributed by atoms with Crippen molar-refractivity contribution in [3.05, 3.63) is 52.8 Å². The molecule has 1 aromatic rings. The fourth-order valence-electron chi connectivity index (χ4n) is 3.87. The van der Waals surface area contributed by atoms with Gasteiger partial charge in [-0.05, 0) is 30.2 Å². The van der Waals surface area contributed by atoms with Crippen LogP contribution in [-0.2, 0) is 6.42 Å². The minimum absolute atomic E-state index is 0.659. The molecule has 0 atom stereocenters. The van der Waals surface area contributed by atoms with Crippen LogP contribution >= 0.6 is 0 Å². The van der Waals surface area contributed by atoms with Crippen molar-refractivity contribution in [3.63, 3.8) is 0 Å². The Morgan fingerprint density at radius 3 is 2.64 bits per heavy atom. The Balaban J connectivity index is 1.75. The highest BCUT2D eigenvalue weighted by atomic mass is 28.2. The molecule has 0 N–H and O–H groups in total. The molecule has 0 bridgehead atoms. The van der Waals surface area contributed by atoms with Gasteiger partial charge in [0.1, 0.15) is 9.52 Å². The molecule has 2 radical (unpaired) electrons. The van der Waals surface area contributed by atoms with Gasteiger partial charge in [-0.1, -0.05) is 98.3 Å². The normalized spacial score (nSPS) is 19.4. The van der Waals surface area contributed by atoms with Crippen molar-refractivity contribution in [2.75, 3.05) is 0 Å². The summed E-state index contributed by atoms with van der Waals surface area (Å²) in [6, 6.07) is 9.22. The van der Waals surface area contributed by atoms with Crippen LogP contribution < -0.4 is 5.19 Å². The molecule has 2 aliphatic rings. The average molecular weight is 309 g/mol. The Morgan fingerprint density at radius 2 is 1.86 bits per heavy atom. The first-order chi connectivity index (χ1) is 10.7. The van der Waals surface area contributed by atoms with Gasteiger partial charge in [0.25, 0.3) is 0 Å². The highest BCUT2D eigenvalue weighted by Crippen LogP contribution is 2.27. The second kappa shape index (κ2) is 7.46. The molecule has 2 aliphatic carbocycles. The molecular weight excluding hydrogens is 280 g/mol. The van der Waals surface area contributed by atoms with Gasteiger partial charge in [0, 0.05) is 0 Å². The topological polar surface area (TPSA) is 0 Å². The van der Waals surface area contributed by atoms with Crippen molar-refractivity contribution in [2.24, 2.45) is 11.8 Å². The molecule has 22 heavy (non-hydrogen) atoms. The zero-order valence-corrected chi connectivity index (χ0v) is 15.1. The fourth-order valence-corrected chi connectivity index (χ4v) is 5.46. The quantitative estimate of drug-likeness (QED) is 0.671. The maximum absolute atomic E-state index is 2.38. The highest BCUT2D eigenvalue weighted by molar-refractivity contribution is 6.61. The third-order valence-corrected chi connectivity index (χ3v) is 6.68. The van der Waals surface area contributed by atoms with E-state index < -0.39 is 0 Å².